The molecule has 0 amide bonds. The van der Waals surface area contributed by atoms with Crippen molar-refractivity contribution >= 4 is 17.9 Å². The van der Waals surface area contributed by atoms with Gasteiger partial charge in [0, 0.05) is 19.3 Å². The molecule has 0 bridgehead atoms. The van der Waals surface area contributed by atoms with Gasteiger partial charge in [0.2, 0.25) is 0 Å². The third-order valence-corrected chi connectivity index (χ3v) is 14.7. The van der Waals surface area contributed by atoms with Crippen LogP contribution in [0.5, 0.6) is 0 Å². The summed E-state index contributed by atoms with van der Waals surface area (Å²) in [5.41, 5.74) is 0. The highest BCUT2D eigenvalue weighted by molar-refractivity contribution is 5.71. The molecule has 0 aromatic carbocycles. The van der Waals surface area contributed by atoms with E-state index in [0.717, 1.165) is 89.9 Å². The van der Waals surface area contributed by atoms with Gasteiger partial charge in [-0.25, -0.2) is 0 Å². The maximum atomic E-state index is 12.9. The van der Waals surface area contributed by atoms with Crippen LogP contribution < -0.4 is 0 Å². The van der Waals surface area contributed by atoms with Crippen molar-refractivity contribution in [2.75, 3.05) is 13.2 Å². The number of ether oxygens (including phenoxy) is 3. The number of rotatable bonds is 61. The Morgan fingerprint density at radius 3 is 0.803 bits per heavy atom. The van der Waals surface area contributed by atoms with Crippen molar-refractivity contribution in [1.29, 1.82) is 0 Å². The van der Waals surface area contributed by atoms with Gasteiger partial charge < -0.3 is 14.2 Å². The Morgan fingerprint density at radius 1 is 0.263 bits per heavy atom. The van der Waals surface area contributed by atoms with E-state index in [4.69, 9.17) is 14.2 Å². The molecular formula is C70H126O6. The summed E-state index contributed by atoms with van der Waals surface area (Å²) in [5, 5.41) is 0. The predicted octanol–water partition coefficient (Wildman–Crippen LogP) is 22.7. The second kappa shape index (κ2) is 64.6. The molecule has 0 aromatic heterocycles. The van der Waals surface area contributed by atoms with Crippen LogP contribution in [-0.4, -0.2) is 37.2 Å². The molecule has 0 aliphatic carbocycles. The van der Waals surface area contributed by atoms with Crippen LogP contribution in [0.3, 0.4) is 0 Å². The lowest BCUT2D eigenvalue weighted by molar-refractivity contribution is -0.167. The lowest BCUT2D eigenvalue weighted by Gasteiger charge is -2.18. The molecule has 0 saturated heterocycles. The highest BCUT2D eigenvalue weighted by atomic mass is 16.6. The van der Waals surface area contributed by atoms with Gasteiger partial charge in [-0.15, -0.1) is 0 Å². The summed E-state index contributed by atoms with van der Waals surface area (Å²) in [4.78, 5) is 38.3. The molecule has 0 spiro atoms. The first kappa shape index (κ1) is 73.1. The van der Waals surface area contributed by atoms with E-state index in [9.17, 15) is 14.4 Å². The number of unbranched alkanes of at least 4 members (excludes halogenated alkanes) is 40. The lowest BCUT2D eigenvalue weighted by atomic mass is 10.0. The Morgan fingerprint density at radius 2 is 0.487 bits per heavy atom. The Bertz CT molecular complexity index is 1360. The minimum absolute atomic E-state index is 0.0797. The zero-order valence-corrected chi connectivity index (χ0v) is 50.8. The fourth-order valence-corrected chi connectivity index (χ4v) is 9.66. The van der Waals surface area contributed by atoms with Crippen LogP contribution >= 0.6 is 0 Å². The van der Waals surface area contributed by atoms with Gasteiger partial charge in [-0.2, -0.15) is 0 Å². The molecule has 6 nitrogen and oxygen atoms in total. The van der Waals surface area contributed by atoms with Crippen molar-refractivity contribution in [2.24, 2.45) is 0 Å². The Kier molecular flexibility index (Phi) is 62.2. The first-order valence-electron chi connectivity index (χ1n) is 33.3. The minimum Gasteiger partial charge on any atom is -0.462 e. The first-order valence-corrected chi connectivity index (χ1v) is 33.3. The fraction of sp³-hybridized carbons (Fsp3) is 0.814. The van der Waals surface area contributed by atoms with E-state index in [-0.39, 0.29) is 31.1 Å². The second-order valence-corrected chi connectivity index (χ2v) is 22.4. The molecule has 0 N–H and O–H groups in total. The summed E-state index contributed by atoms with van der Waals surface area (Å²) in [6.07, 6.45) is 82.4. The van der Waals surface area contributed by atoms with Crippen LogP contribution in [0.25, 0.3) is 0 Å². The quantitative estimate of drug-likeness (QED) is 0.0261. The molecule has 0 rings (SSSR count). The van der Waals surface area contributed by atoms with Crippen molar-refractivity contribution in [3.63, 3.8) is 0 Å². The van der Waals surface area contributed by atoms with E-state index < -0.39 is 6.10 Å². The SMILES string of the molecule is CCCC/C=C\C/C=C\CCCCCCCC(=O)OCC(COC(=O)CCCCCCCCCCCCCCCCC/C=C\CCCCCCCCCC)OC(=O)CCCCCCCCC/C=C\C/C=C\CCCCC. The normalized spacial score (nSPS) is 12.4. The molecule has 1 unspecified atom stereocenters. The molecule has 76 heavy (non-hydrogen) atoms. The smallest absolute Gasteiger partial charge is 0.306 e. The highest BCUT2D eigenvalue weighted by Crippen LogP contribution is 2.17. The van der Waals surface area contributed by atoms with Gasteiger partial charge in [-0.3, -0.25) is 14.4 Å². The molecule has 0 fully saturated rings. The number of hydrogen-bond donors (Lipinski definition) is 0. The fourth-order valence-electron chi connectivity index (χ4n) is 9.66. The Hall–Kier alpha value is -2.89. The van der Waals surface area contributed by atoms with Crippen molar-refractivity contribution in [2.45, 2.75) is 354 Å². The molecule has 442 valence electrons. The van der Waals surface area contributed by atoms with Crippen molar-refractivity contribution in [1.82, 2.24) is 0 Å². The van der Waals surface area contributed by atoms with E-state index in [2.05, 4.69) is 81.5 Å². The maximum Gasteiger partial charge on any atom is 0.306 e. The average molecular weight is 1060 g/mol. The van der Waals surface area contributed by atoms with E-state index >= 15 is 0 Å². The number of esters is 3. The molecule has 0 aromatic rings. The van der Waals surface area contributed by atoms with E-state index in [1.54, 1.807) is 0 Å². The Balaban J connectivity index is 4.25. The average Bonchev–Trinajstić information content (AvgIpc) is 3.42. The lowest BCUT2D eigenvalue weighted by Crippen LogP contribution is -2.30. The predicted molar refractivity (Wildman–Crippen MR) is 330 cm³/mol. The summed E-state index contributed by atoms with van der Waals surface area (Å²) in [7, 11) is 0. The Labute approximate surface area is 472 Å². The van der Waals surface area contributed by atoms with Gasteiger partial charge in [0.1, 0.15) is 13.2 Å². The molecule has 0 heterocycles. The largest absolute Gasteiger partial charge is 0.462 e. The molecule has 0 aliphatic rings. The topological polar surface area (TPSA) is 78.9 Å². The van der Waals surface area contributed by atoms with Crippen LogP contribution in [0.1, 0.15) is 348 Å². The molecule has 0 aliphatic heterocycles. The summed E-state index contributed by atoms with van der Waals surface area (Å²) in [6.45, 7) is 6.60. The summed E-state index contributed by atoms with van der Waals surface area (Å²) >= 11 is 0. The van der Waals surface area contributed by atoms with Gasteiger partial charge >= 0.3 is 17.9 Å². The van der Waals surface area contributed by atoms with Crippen LogP contribution in [-0.2, 0) is 28.6 Å². The summed E-state index contributed by atoms with van der Waals surface area (Å²) in [5.74, 6) is -0.885. The van der Waals surface area contributed by atoms with E-state index in [1.807, 2.05) is 0 Å². The number of carbonyl (C=O) groups excluding carboxylic acids is 3. The summed E-state index contributed by atoms with van der Waals surface area (Å²) < 4.78 is 16.9. The number of hydrogen-bond acceptors (Lipinski definition) is 6. The van der Waals surface area contributed by atoms with Crippen molar-refractivity contribution in [3.05, 3.63) is 60.8 Å². The first-order chi connectivity index (χ1) is 37.5. The van der Waals surface area contributed by atoms with Gasteiger partial charge in [0.15, 0.2) is 6.10 Å². The van der Waals surface area contributed by atoms with E-state index in [1.165, 1.54) is 218 Å². The zero-order chi connectivity index (χ0) is 55.0. The summed E-state index contributed by atoms with van der Waals surface area (Å²) in [6, 6.07) is 0. The van der Waals surface area contributed by atoms with Crippen LogP contribution in [0.15, 0.2) is 60.8 Å². The monoisotopic (exact) mass is 1060 g/mol. The van der Waals surface area contributed by atoms with Gasteiger partial charge in [0.05, 0.1) is 0 Å². The second-order valence-electron chi connectivity index (χ2n) is 22.4. The highest BCUT2D eigenvalue weighted by Gasteiger charge is 2.19. The van der Waals surface area contributed by atoms with Crippen LogP contribution in [0, 0.1) is 0 Å². The molecule has 0 radical (unpaired) electrons. The van der Waals surface area contributed by atoms with Gasteiger partial charge in [0.25, 0.3) is 0 Å². The van der Waals surface area contributed by atoms with Crippen molar-refractivity contribution in [3.8, 4) is 0 Å². The molecule has 6 heteroatoms. The minimum atomic E-state index is -0.784. The van der Waals surface area contributed by atoms with Crippen LogP contribution in [0.2, 0.25) is 0 Å². The van der Waals surface area contributed by atoms with E-state index in [0.29, 0.717) is 19.3 Å². The molecule has 1 atom stereocenters. The van der Waals surface area contributed by atoms with Crippen molar-refractivity contribution < 1.29 is 28.6 Å². The number of carbonyl (C=O) groups is 3. The van der Waals surface area contributed by atoms with Gasteiger partial charge in [-0.1, -0.05) is 287 Å². The maximum absolute atomic E-state index is 12.9. The van der Waals surface area contributed by atoms with Gasteiger partial charge in [-0.05, 0) is 103 Å². The zero-order valence-electron chi connectivity index (χ0n) is 50.8. The standard InChI is InChI=1S/C70H126O6/c1-4-7-10-13-16-19-22-25-28-30-31-32-33-34-35-36-37-38-39-41-42-45-48-51-54-57-60-63-69(72)75-66-67(65-74-68(71)62-59-56-53-50-47-44-27-24-21-18-15-12-9-6-3)76-70(73)64-61-58-55-52-49-46-43-40-29-26-23-20-17-14-11-8-5-2/h15,17-18,20,24,26-27,29-31,67H,4-14,16,19,21-23,25,28,32-66H2,1-3H3/b18-15-,20-17-,27-24-,29-26-,31-30-. The van der Waals surface area contributed by atoms with Crippen LogP contribution in [0.4, 0.5) is 0 Å². The third-order valence-electron chi connectivity index (χ3n) is 14.7. The number of allylic oxidation sites excluding steroid dienone is 10. The third kappa shape index (κ3) is 62.0. The molecule has 0 saturated carbocycles. The molecular weight excluding hydrogens is 937 g/mol.